The van der Waals surface area contributed by atoms with Crippen LogP contribution in [0.4, 0.5) is 0 Å². The second kappa shape index (κ2) is 12.5. The second-order valence-corrected chi connectivity index (χ2v) is 5.84. The third-order valence-corrected chi connectivity index (χ3v) is 4.30. The number of hydrogen-bond donors (Lipinski definition) is 0. The average Bonchev–Trinajstić information content (AvgIpc) is 2.44. The van der Waals surface area contributed by atoms with Crippen molar-refractivity contribution in [2.24, 2.45) is 17.8 Å². The summed E-state index contributed by atoms with van der Waals surface area (Å²) < 4.78 is 11.2. The summed E-state index contributed by atoms with van der Waals surface area (Å²) in [4.78, 5) is 19.7. The number of hydrogen-bond acceptors (Lipinski definition) is 5. The van der Waals surface area contributed by atoms with Gasteiger partial charge in [-0.05, 0) is 31.6 Å². The van der Waals surface area contributed by atoms with Crippen LogP contribution in [-0.4, -0.2) is 31.3 Å². The van der Waals surface area contributed by atoms with E-state index in [9.17, 15) is 14.7 Å². The molecular formula is C16H29NaO5. The zero-order chi connectivity index (χ0) is 16.6. The van der Waals surface area contributed by atoms with Crippen LogP contribution in [0.3, 0.4) is 0 Å². The maximum absolute atomic E-state index is 10.1. The molecule has 0 radical (unpaired) electrons. The minimum atomic E-state index is -1.17. The van der Waals surface area contributed by atoms with Crippen LogP contribution in [0.25, 0.3) is 0 Å². The number of aliphatic carboxylic acids is 1. The topological polar surface area (TPSA) is 75.7 Å². The molecule has 0 aromatic heterocycles. The van der Waals surface area contributed by atoms with Crippen molar-refractivity contribution < 1.29 is 53.7 Å². The largest absolute Gasteiger partial charge is 1.00 e. The summed E-state index contributed by atoms with van der Waals surface area (Å²) in [6.45, 7) is 10.3. The van der Waals surface area contributed by atoms with E-state index in [-0.39, 0.29) is 54.5 Å². The van der Waals surface area contributed by atoms with Gasteiger partial charge in [0.15, 0.2) is 6.29 Å². The molecule has 0 saturated carbocycles. The normalized spacial score (nSPS) is 30.5. The number of carbonyl (C=O) groups excluding carboxylic acids is 2. The Balaban J connectivity index is 0. The van der Waals surface area contributed by atoms with E-state index < -0.39 is 5.97 Å². The van der Waals surface area contributed by atoms with Gasteiger partial charge in [-0.15, -0.1) is 0 Å². The molecular weight excluding hydrogens is 295 g/mol. The summed E-state index contributed by atoms with van der Waals surface area (Å²) in [5, 5.41) is 9.64. The van der Waals surface area contributed by atoms with Crippen molar-refractivity contribution >= 4 is 11.8 Å². The monoisotopic (exact) mass is 324 g/mol. The van der Waals surface area contributed by atoms with Crippen LogP contribution in [-0.2, 0) is 19.1 Å². The molecule has 1 rings (SSSR count). The minimum Gasteiger partial charge on any atom is -0.550 e. The summed E-state index contributed by atoms with van der Waals surface area (Å²) in [6, 6.07) is 0. The van der Waals surface area contributed by atoms with E-state index in [2.05, 4.69) is 27.7 Å². The number of ketones is 1. The van der Waals surface area contributed by atoms with E-state index >= 15 is 0 Å². The first-order valence-electron chi connectivity index (χ1n) is 7.62. The first-order valence-corrected chi connectivity index (χ1v) is 7.62. The predicted molar refractivity (Wildman–Crippen MR) is 78.4 cm³/mol. The van der Waals surface area contributed by atoms with E-state index in [4.69, 9.17) is 9.47 Å². The molecule has 22 heavy (non-hydrogen) atoms. The van der Waals surface area contributed by atoms with Gasteiger partial charge in [0.2, 0.25) is 0 Å². The Morgan fingerprint density at radius 1 is 1.09 bits per heavy atom. The molecule has 0 aromatic rings. The molecule has 0 amide bonds. The van der Waals surface area contributed by atoms with Crippen LogP contribution >= 0.6 is 0 Å². The number of Topliss-reactive ketones (excluding diaryl/α,β-unsaturated/α-hetero) is 1. The van der Waals surface area contributed by atoms with Gasteiger partial charge in [-0.3, -0.25) is 0 Å². The van der Waals surface area contributed by atoms with Gasteiger partial charge in [0.1, 0.15) is 5.78 Å². The number of methoxy groups -OCH3 is 1. The summed E-state index contributed by atoms with van der Waals surface area (Å²) in [6.07, 6.45) is 1.38. The van der Waals surface area contributed by atoms with E-state index in [0.29, 0.717) is 23.9 Å². The fourth-order valence-electron chi connectivity index (χ4n) is 2.50. The summed E-state index contributed by atoms with van der Waals surface area (Å²) in [5.74, 6) is 0.548. The predicted octanol–water partition coefficient (Wildman–Crippen LogP) is -1.21. The molecule has 0 aliphatic carbocycles. The quantitative estimate of drug-likeness (QED) is 0.593. The van der Waals surface area contributed by atoms with Crippen molar-refractivity contribution in [1.82, 2.24) is 0 Å². The summed E-state index contributed by atoms with van der Waals surface area (Å²) >= 11 is 0. The molecule has 1 heterocycles. The summed E-state index contributed by atoms with van der Waals surface area (Å²) in [5.41, 5.74) is 0. The van der Waals surface area contributed by atoms with E-state index in [0.717, 1.165) is 6.42 Å². The van der Waals surface area contributed by atoms with Crippen LogP contribution in [0.5, 0.6) is 0 Å². The van der Waals surface area contributed by atoms with E-state index in [1.54, 1.807) is 7.11 Å². The molecule has 0 spiro atoms. The van der Waals surface area contributed by atoms with Gasteiger partial charge in [-0.2, -0.15) is 0 Å². The SMILES string of the molecule is CC(=O)CCC(=O)[O-].CCC1OC(OC)C(C)C(C)C1C.[Na+]. The summed E-state index contributed by atoms with van der Waals surface area (Å²) in [7, 11) is 1.73. The zero-order valence-corrected chi connectivity index (χ0v) is 17.0. The third-order valence-electron chi connectivity index (χ3n) is 4.30. The molecule has 0 N–H and O–H groups in total. The fourth-order valence-corrected chi connectivity index (χ4v) is 2.50. The van der Waals surface area contributed by atoms with Crippen LogP contribution in [0.2, 0.25) is 0 Å². The second-order valence-electron chi connectivity index (χ2n) is 5.84. The zero-order valence-electron chi connectivity index (χ0n) is 15.0. The van der Waals surface area contributed by atoms with Crippen LogP contribution in [0, 0.1) is 17.8 Å². The molecule has 1 aliphatic heterocycles. The van der Waals surface area contributed by atoms with Gasteiger partial charge in [0, 0.05) is 25.4 Å². The molecule has 5 atom stereocenters. The molecule has 0 bridgehead atoms. The smallest absolute Gasteiger partial charge is 0.550 e. The van der Waals surface area contributed by atoms with Crippen LogP contribution in [0.15, 0.2) is 0 Å². The van der Waals surface area contributed by atoms with Crippen molar-refractivity contribution in [1.29, 1.82) is 0 Å². The Morgan fingerprint density at radius 3 is 1.95 bits per heavy atom. The maximum Gasteiger partial charge on any atom is 1.00 e. The molecule has 1 saturated heterocycles. The van der Waals surface area contributed by atoms with Crippen molar-refractivity contribution in [3.05, 3.63) is 0 Å². The number of ether oxygens (including phenoxy) is 2. The molecule has 124 valence electrons. The van der Waals surface area contributed by atoms with Gasteiger partial charge in [-0.1, -0.05) is 27.7 Å². The van der Waals surface area contributed by atoms with E-state index in [1.807, 2.05) is 0 Å². The van der Waals surface area contributed by atoms with Crippen LogP contribution in [0.1, 0.15) is 53.9 Å². The first kappa shape index (κ1) is 24.3. The molecule has 5 nitrogen and oxygen atoms in total. The first-order chi connectivity index (χ1) is 9.74. The molecule has 1 aliphatic rings. The average molecular weight is 324 g/mol. The van der Waals surface area contributed by atoms with Crippen molar-refractivity contribution in [2.75, 3.05) is 7.11 Å². The standard InChI is InChI=1S/C11H22O2.C5H8O3.Na/c1-6-10-8(3)7(2)9(4)11(12-5)13-10;1-4(6)2-3-5(7)8;/h7-11H,6H2,1-5H3;2-3H2,1H3,(H,7,8);/q;;+1/p-1. The van der Waals surface area contributed by atoms with Crippen molar-refractivity contribution in [3.8, 4) is 0 Å². The Hall–Kier alpha value is 0.0600. The van der Waals surface area contributed by atoms with E-state index in [1.165, 1.54) is 6.92 Å². The fraction of sp³-hybridized carbons (Fsp3) is 0.875. The maximum atomic E-state index is 10.1. The van der Waals surface area contributed by atoms with Gasteiger partial charge in [0.25, 0.3) is 0 Å². The molecule has 1 fully saturated rings. The number of carboxylic acids is 1. The number of carboxylic acid groups (broad SMARTS) is 1. The third kappa shape index (κ3) is 8.63. The molecule has 0 aromatic carbocycles. The molecule has 6 heteroatoms. The van der Waals surface area contributed by atoms with Gasteiger partial charge >= 0.3 is 29.6 Å². The Bertz CT molecular complexity index is 300. The minimum absolute atomic E-state index is 0. The van der Waals surface area contributed by atoms with Crippen LogP contribution < -0.4 is 34.7 Å². The molecule has 5 unspecified atom stereocenters. The van der Waals surface area contributed by atoms with Crippen molar-refractivity contribution in [3.63, 3.8) is 0 Å². The number of rotatable bonds is 5. The number of carbonyl (C=O) groups is 2. The van der Waals surface area contributed by atoms with Gasteiger partial charge in [0.05, 0.1) is 6.10 Å². The van der Waals surface area contributed by atoms with Gasteiger partial charge in [-0.25, -0.2) is 0 Å². The van der Waals surface area contributed by atoms with Crippen molar-refractivity contribution in [2.45, 2.75) is 66.3 Å². The Morgan fingerprint density at radius 2 is 1.64 bits per heavy atom. The van der Waals surface area contributed by atoms with Gasteiger partial charge < -0.3 is 24.2 Å². The Kier molecular flexibility index (Phi) is 13.8. The Labute approximate surface area is 156 Å².